The van der Waals surface area contributed by atoms with E-state index in [0.717, 1.165) is 26.1 Å². The molecule has 29 heavy (non-hydrogen) atoms. The van der Waals surface area contributed by atoms with Crippen molar-refractivity contribution in [3.05, 3.63) is 0 Å². The standard InChI is InChI=1S/2C9H17OS.2CHOS.Sn/c2*1-2-3-4-5-6-7-8-10-9-11;2*2-1-3;/h2*2-8H2,1H3;2*(H,2,3);/q4*-1;+4. The Kier molecular flexibility index (Phi) is 70.3. The molecule has 0 aromatic rings. The van der Waals surface area contributed by atoms with Gasteiger partial charge in [-0.1, -0.05) is 78.1 Å². The zero-order valence-electron chi connectivity index (χ0n) is 17.7. The first kappa shape index (κ1) is 39.8. The number of thiocarbonyl (C=S) groups is 4. The molecule has 0 radical (unpaired) electrons. The summed E-state index contributed by atoms with van der Waals surface area (Å²) in [5.41, 5.74) is 7.17. The third-order valence-corrected chi connectivity index (χ3v) is 3.55. The van der Waals surface area contributed by atoms with E-state index in [1.54, 1.807) is 0 Å². The molecule has 0 fully saturated rings. The summed E-state index contributed by atoms with van der Waals surface area (Å²) in [4.78, 5) is 0. The van der Waals surface area contributed by atoms with Gasteiger partial charge < -0.3 is 68.6 Å². The van der Waals surface area contributed by atoms with Crippen molar-refractivity contribution in [3.8, 4) is 0 Å². The van der Waals surface area contributed by atoms with Crippen molar-refractivity contribution in [2.24, 2.45) is 0 Å². The van der Waals surface area contributed by atoms with Gasteiger partial charge in [-0.2, -0.15) is 0 Å². The molecule has 0 bridgehead atoms. The molecular formula is C20H36O4S4Sn. The van der Waals surface area contributed by atoms with Crippen LogP contribution in [0.3, 0.4) is 0 Å². The van der Waals surface area contributed by atoms with Gasteiger partial charge in [0.25, 0.3) is 0 Å². The number of aliphatic hydroxyl groups is 2. The van der Waals surface area contributed by atoms with Gasteiger partial charge in [-0.15, -0.1) is 0 Å². The Bertz CT molecular complexity index is 272. The van der Waals surface area contributed by atoms with Crippen LogP contribution >= 0.6 is 48.9 Å². The van der Waals surface area contributed by atoms with E-state index in [2.05, 4.69) is 73.8 Å². The molecule has 0 atom stereocenters. The van der Waals surface area contributed by atoms with E-state index in [-0.39, 0.29) is 23.9 Å². The molecule has 2 N–H and O–H groups in total. The van der Waals surface area contributed by atoms with Crippen LogP contribution in [-0.2, 0) is 9.47 Å². The molecule has 0 unspecified atom stereocenters. The van der Waals surface area contributed by atoms with E-state index >= 15 is 0 Å². The maximum absolute atomic E-state index is 7.13. The summed E-state index contributed by atoms with van der Waals surface area (Å²) in [5.74, 6) is 0. The minimum absolute atomic E-state index is 0. The largest absolute Gasteiger partial charge is 4.00 e. The molecule has 0 aliphatic rings. The van der Waals surface area contributed by atoms with Gasteiger partial charge in [0, 0.05) is 13.2 Å². The first-order valence-corrected chi connectivity index (χ1v) is 11.3. The molecule has 168 valence electrons. The van der Waals surface area contributed by atoms with Crippen LogP contribution in [0, 0.1) is 0 Å². The smallest absolute Gasteiger partial charge is 0.694 e. The van der Waals surface area contributed by atoms with Crippen LogP contribution in [0.15, 0.2) is 0 Å². The third kappa shape index (κ3) is 73.6. The summed E-state index contributed by atoms with van der Waals surface area (Å²) in [5, 5.41) is 14.3. The molecule has 0 rings (SSSR count). The fraction of sp³-hybridized carbons (Fsp3) is 0.800. The first-order chi connectivity index (χ1) is 13.7. The van der Waals surface area contributed by atoms with Gasteiger partial charge in [0.1, 0.15) is 0 Å². The Morgan fingerprint density at radius 3 is 1.03 bits per heavy atom. The summed E-state index contributed by atoms with van der Waals surface area (Å²) < 4.78 is 9.61. The molecule has 0 aromatic carbocycles. The van der Waals surface area contributed by atoms with Gasteiger partial charge in [-0.3, -0.25) is 0 Å². The van der Waals surface area contributed by atoms with Crippen molar-refractivity contribution in [1.29, 1.82) is 0 Å². The van der Waals surface area contributed by atoms with Crippen LogP contribution in [-0.4, -0.2) is 69.5 Å². The molecule has 9 heteroatoms. The van der Waals surface area contributed by atoms with Gasteiger partial charge in [0.2, 0.25) is 0 Å². The topological polar surface area (TPSA) is 58.9 Å². The molecule has 0 heterocycles. The maximum Gasteiger partial charge on any atom is 4.00 e. The molecule has 0 spiro atoms. The molecule has 0 saturated carbocycles. The minimum atomic E-state index is 0. The summed E-state index contributed by atoms with van der Waals surface area (Å²) >= 11 is 16.2. The second-order valence-corrected chi connectivity index (χ2v) is 6.28. The SMILES string of the molecule is CCCCCCCCO[C-]=S.CCCCCCCCO[C-]=S.O[C-]=S.O[C-]=S.[Sn+4]. The third-order valence-electron chi connectivity index (χ3n) is 3.32. The number of hydrogen-bond acceptors (Lipinski definition) is 6. The summed E-state index contributed by atoms with van der Waals surface area (Å²) in [6.07, 6.45) is 15.5. The Morgan fingerprint density at radius 1 is 0.552 bits per heavy atom. The van der Waals surface area contributed by atoms with E-state index in [4.69, 9.17) is 19.7 Å². The van der Waals surface area contributed by atoms with Crippen molar-refractivity contribution in [1.82, 2.24) is 0 Å². The quantitative estimate of drug-likeness (QED) is 0.0889. The summed E-state index contributed by atoms with van der Waals surface area (Å²) in [6.45, 7) is 5.94. The summed E-state index contributed by atoms with van der Waals surface area (Å²) in [6, 6.07) is 0. The Labute approximate surface area is 217 Å². The minimum Gasteiger partial charge on any atom is -0.694 e. The molecular weight excluding hydrogens is 551 g/mol. The number of aliphatic hydroxyl groups excluding tert-OH is 2. The molecule has 4 nitrogen and oxygen atoms in total. The Balaban J connectivity index is -0.000000101. The van der Waals surface area contributed by atoms with E-state index in [1.165, 1.54) is 75.3 Å². The number of hydrogen-bond donors (Lipinski definition) is 2. The van der Waals surface area contributed by atoms with Crippen LogP contribution in [0.1, 0.15) is 90.9 Å². The molecule has 0 saturated heterocycles. The van der Waals surface area contributed by atoms with Crippen LogP contribution < -0.4 is 0 Å². The van der Waals surface area contributed by atoms with Crippen molar-refractivity contribution in [2.45, 2.75) is 90.9 Å². The number of rotatable bonds is 16. The molecule has 0 aliphatic heterocycles. The van der Waals surface area contributed by atoms with E-state index in [9.17, 15) is 0 Å². The van der Waals surface area contributed by atoms with Crippen molar-refractivity contribution in [2.75, 3.05) is 13.2 Å². The zero-order valence-corrected chi connectivity index (χ0v) is 23.9. The predicted octanol–water partition coefficient (Wildman–Crippen LogP) is 6.77. The first-order valence-electron chi connectivity index (χ1n) is 9.66. The van der Waals surface area contributed by atoms with Gasteiger partial charge in [-0.05, 0) is 12.8 Å². The van der Waals surface area contributed by atoms with E-state index in [1.807, 2.05) is 0 Å². The van der Waals surface area contributed by atoms with Gasteiger partial charge in [0.15, 0.2) is 0 Å². The van der Waals surface area contributed by atoms with Crippen molar-refractivity contribution < 1.29 is 19.7 Å². The average molecular weight is 587 g/mol. The molecule has 0 aromatic heterocycles. The van der Waals surface area contributed by atoms with Gasteiger partial charge >= 0.3 is 23.9 Å². The van der Waals surface area contributed by atoms with Crippen LogP contribution in [0.2, 0.25) is 0 Å². The van der Waals surface area contributed by atoms with Crippen molar-refractivity contribution in [3.63, 3.8) is 0 Å². The fourth-order valence-electron chi connectivity index (χ4n) is 1.99. The monoisotopic (exact) mass is 588 g/mol. The van der Waals surface area contributed by atoms with Gasteiger partial charge in [0.05, 0.1) is 0 Å². The van der Waals surface area contributed by atoms with E-state index < -0.39 is 0 Å². The number of ether oxygens (including phenoxy) is 2. The number of unbranched alkanes of at least 4 members (excludes halogenated alkanes) is 10. The van der Waals surface area contributed by atoms with Crippen LogP contribution in [0.4, 0.5) is 0 Å². The normalized spacial score (nSPS) is 8.07. The Hall–Kier alpha value is 0.359. The fourth-order valence-corrected chi connectivity index (χ4v) is 2.16. The van der Waals surface area contributed by atoms with Crippen LogP contribution in [0.25, 0.3) is 0 Å². The van der Waals surface area contributed by atoms with Crippen LogP contribution in [0.5, 0.6) is 0 Å². The molecule has 0 aliphatic carbocycles. The molecule has 0 amide bonds. The second kappa shape index (κ2) is 51.2. The second-order valence-electron chi connectivity index (χ2n) is 5.58. The average Bonchev–Trinajstić information content (AvgIpc) is 2.69. The Morgan fingerprint density at radius 2 is 0.793 bits per heavy atom. The van der Waals surface area contributed by atoms with E-state index in [0.29, 0.717) is 0 Å². The zero-order chi connectivity index (χ0) is 22.1. The maximum atomic E-state index is 7.13. The van der Waals surface area contributed by atoms with Crippen molar-refractivity contribution >= 4 is 95.0 Å². The summed E-state index contributed by atoms with van der Waals surface area (Å²) in [7, 11) is 0. The predicted molar refractivity (Wildman–Crippen MR) is 140 cm³/mol. The van der Waals surface area contributed by atoms with Gasteiger partial charge in [-0.25, -0.2) is 22.2 Å².